The molecule has 68 valence electrons. The van der Waals surface area contributed by atoms with Crippen molar-refractivity contribution >= 4 is 11.3 Å². The van der Waals surface area contributed by atoms with Crippen molar-refractivity contribution in [2.24, 2.45) is 5.73 Å². The van der Waals surface area contributed by atoms with Crippen LogP contribution in [0.3, 0.4) is 0 Å². The molecule has 4 heteroatoms. The van der Waals surface area contributed by atoms with Gasteiger partial charge < -0.3 is 10.7 Å². The van der Waals surface area contributed by atoms with E-state index in [0.29, 0.717) is 6.54 Å². The highest BCUT2D eigenvalue weighted by atomic mass is 32.1. The standard InChI is InChI=1S/C9H11N3S/c10-4-3-7-9(12-6-11-7)8-2-1-5-13-8/h1-2,5-6H,3-4,10H2,(H,11,12). The minimum atomic E-state index is 0.653. The fourth-order valence-electron chi connectivity index (χ4n) is 1.28. The minimum Gasteiger partial charge on any atom is -0.348 e. The van der Waals surface area contributed by atoms with Gasteiger partial charge in [-0.3, -0.25) is 0 Å². The van der Waals surface area contributed by atoms with E-state index in [-0.39, 0.29) is 0 Å². The summed E-state index contributed by atoms with van der Waals surface area (Å²) in [6, 6.07) is 4.10. The number of thiophene rings is 1. The quantitative estimate of drug-likeness (QED) is 0.778. The average molecular weight is 193 g/mol. The fourth-order valence-corrected chi connectivity index (χ4v) is 2.03. The van der Waals surface area contributed by atoms with Crippen LogP contribution in [0.15, 0.2) is 23.8 Å². The number of hydrogen-bond donors (Lipinski definition) is 2. The first-order valence-electron chi connectivity index (χ1n) is 4.18. The number of nitrogens with two attached hydrogens (primary N) is 1. The summed E-state index contributed by atoms with van der Waals surface area (Å²) in [6.45, 7) is 0.653. The van der Waals surface area contributed by atoms with Crippen molar-refractivity contribution in [2.75, 3.05) is 6.54 Å². The van der Waals surface area contributed by atoms with Crippen molar-refractivity contribution in [1.82, 2.24) is 9.97 Å². The molecular formula is C9H11N3S. The number of rotatable bonds is 3. The Bertz CT molecular complexity index is 364. The molecule has 0 aliphatic rings. The second-order valence-electron chi connectivity index (χ2n) is 2.75. The van der Waals surface area contributed by atoms with E-state index in [1.165, 1.54) is 4.88 Å². The van der Waals surface area contributed by atoms with Crippen LogP contribution >= 0.6 is 11.3 Å². The summed E-state index contributed by atoms with van der Waals surface area (Å²) in [5, 5.41) is 2.05. The summed E-state index contributed by atoms with van der Waals surface area (Å²) in [5.41, 5.74) is 7.67. The van der Waals surface area contributed by atoms with Gasteiger partial charge in [-0.05, 0) is 18.0 Å². The molecule has 0 amide bonds. The Balaban J connectivity index is 2.35. The summed E-state index contributed by atoms with van der Waals surface area (Å²) in [4.78, 5) is 8.59. The van der Waals surface area contributed by atoms with Gasteiger partial charge in [-0.2, -0.15) is 0 Å². The SMILES string of the molecule is NCCc1[nH]cnc1-c1cccs1. The topological polar surface area (TPSA) is 54.7 Å². The zero-order valence-electron chi connectivity index (χ0n) is 7.16. The van der Waals surface area contributed by atoms with Gasteiger partial charge >= 0.3 is 0 Å². The zero-order valence-corrected chi connectivity index (χ0v) is 7.97. The van der Waals surface area contributed by atoms with Crippen molar-refractivity contribution < 1.29 is 0 Å². The number of aromatic amines is 1. The monoisotopic (exact) mass is 193 g/mol. The fraction of sp³-hybridized carbons (Fsp3) is 0.222. The van der Waals surface area contributed by atoms with E-state index < -0.39 is 0 Å². The third-order valence-electron chi connectivity index (χ3n) is 1.87. The molecule has 0 aliphatic carbocycles. The Morgan fingerprint density at radius 1 is 1.54 bits per heavy atom. The van der Waals surface area contributed by atoms with Crippen molar-refractivity contribution in [1.29, 1.82) is 0 Å². The van der Waals surface area contributed by atoms with E-state index >= 15 is 0 Å². The maximum absolute atomic E-state index is 5.50. The molecule has 3 nitrogen and oxygen atoms in total. The first-order valence-corrected chi connectivity index (χ1v) is 5.06. The first kappa shape index (κ1) is 8.47. The van der Waals surface area contributed by atoms with Gasteiger partial charge in [0, 0.05) is 12.1 Å². The highest BCUT2D eigenvalue weighted by Gasteiger charge is 2.07. The lowest BCUT2D eigenvalue weighted by Gasteiger charge is -1.96. The number of H-pyrrole nitrogens is 1. The Hall–Kier alpha value is -1.13. The lowest BCUT2D eigenvalue weighted by Crippen LogP contribution is -2.03. The number of nitrogens with zero attached hydrogens (tertiary/aromatic N) is 1. The van der Waals surface area contributed by atoms with E-state index in [4.69, 9.17) is 5.73 Å². The number of hydrogen-bond acceptors (Lipinski definition) is 3. The Labute approximate surface area is 80.6 Å². The van der Waals surface area contributed by atoms with Crippen LogP contribution in [0.5, 0.6) is 0 Å². The first-order chi connectivity index (χ1) is 6.42. The third-order valence-corrected chi connectivity index (χ3v) is 2.74. The summed E-state index contributed by atoms with van der Waals surface area (Å²) < 4.78 is 0. The predicted molar refractivity (Wildman–Crippen MR) is 54.7 cm³/mol. The largest absolute Gasteiger partial charge is 0.348 e. The molecule has 0 unspecified atom stereocenters. The molecule has 0 fully saturated rings. The summed E-state index contributed by atoms with van der Waals surface area (Å²) >= 11 is 1.70. The van der Waals surface area contributed by atoms with Gasteiger partial charge in [0.1, 0.15) is 5.69 Å². The van der Waals surface area contributed by atoms with Crippen LogP contribution in [-0.4, -0.2) is 16.5 Å². The van der Waals surface area contributed by atoms with Crippen molar-refractivity contribution in [3.8, 4) is 10.6 Å². The van der Waals surface area contributed by atoms with Crippen LogP contribution in [0.1, 0.15) is 5.69 Å². The van der Waals surface area contributed by atoms with E-state index in [2.05, 4.69) is 21.4 Å². The van der Waals surface area contributed by atoms with Gasteiger partial charge in [0.25, 0.3) is 0 Å². The summed E-state index contributed by atoms with van der Waals surface area (Å²) in [5.74, 6) is 0. The molecule has 0 aliphatic heterocycles. The molecule has 13 heavy (non-hydrogen) atoms. The van der Waals surface area contributed by atoms with Crippen LogP contribution in [0.4, 0.5) is 0 Å². The van der Waals surface area contributed by atoms with Crippen LogP contribution < -0.4 is 5.73 Å². The van der Waals surface area contributed by atoms with Gasteiger partial charge in [0.15, 0.2) is 0 Å². The predicted octanol–water partition coefficient (Wildman–Crippen LogP) is 1.64. The normalized spacial score (nSPS) is 10.5. The minimum absolute atomic E-state index is 0.653. The summed E-state index contributed by atoms with van der Waals surface area (Å²) in [6.07, 6.45) is 2.58. The number of aromatic nitrogens is 2. The third kappa shape index (κ3) is 1.64. The number of imidazole rings is 1. The molecule has 0 aromatic carbocycles. The van der Waals surface area contributed by atoms with Gasteiger partial charge in [-0.1, -0.05) is 6.07 Å². The highest BCUT2D eigenvalue weighted by Crippen LogP contribution is 2.25. The van der Waals surface area contributed by atoms with Gasteiger partial charge in [-0.25, -0.2) is 4.98 Å². The van der Waals surface area contributed by atoms with Crippen LogP contribution in [0.25, 0.3) is 10.6 Å². The smallest absolute Gasteiger partial charge is 0.101 e. The lowest BCUT2D eigenvalue weighted by atomic mass is 10.2. The molecule has 3 N–H and O–H groups in total. The summed E-state index contributed by atoms with van der Waals surface area (Å²) in [7, 11) is 0. The van der Waals surface area contributed by atoms with E-state index in [0.717, 1.165) is 17.8 Å². The van der Waals surface area contributed by atoms with Crippen LogP contribution in [-0.2, 0) is 6.42 Å². The average Bonchev–Trinajstić information content (AvgIpc) is 2.71. The molecule has 0 bridgehead atoms. The molecule has 0 saturated heterocycles. The molecular weight excluding hydrogens is 182 g/mol. The second kappa shape index (κ2) is 3.72. The molecule has 0 saturated carbocycles. The lowest BCUT2D eigenvalue weighted by molar-refractivity contribution is 0.937. The molecule has 2 aromatic rings. The van der Waals surface area contributed by atoms with Crippen molar-refractivity contribution in [2.45, 2.75) is 6.42 Å². The van der Waals surface area contributed by atoms with Crippen LogP contribution in [0, 0.1) is 0 Å². The van der Waals surface area contributed by atoms with Crippen molar-refractivity contribution in [3.05, 3.63) is 29.5 Å². The van der Waals surface area contributed by atoms with E-state index in [9.17, 15) is 0 Å². The van der Waals surface area contributed by atoms with E-state index in [1.807, 2.05) is 6.07 Å². The number of nitrogens with one attached hydrogen (secondary N) is 1. The Morgan fingerprint density at radius 2 is 2.46 bits per heavy atom. The molecule has 2 aromatic heterocycles. The van der Waals surface area contributed by atoms with E-state index in [1.54, 1.807) is 17.7 Å². The maximum Gasteiger partial charge on any atom is 0.101 e. The molecule has 0 radical (unpaired) electrons. The van der Waals surface area contributed by atoms with Gasteiger partial charge in [-0.15, -0.1) is 11.3 Å². The molecule has 0 atom stereocenters. The molecule has 2 heterocycles. The molecule has 0 spiro atoms. The Morgan fingerprint density at radius 3 is 3.15 bits per heavy atom. The zero-order chi connectivity index (χ0) is 9.10. The van der Waals surface area contributed by atoms with Crippen LogP contribution in [0.2, 0.25) is 0 Å². The molecule has 2 rings (SSSR count). The van der Waals surface area contributed by atoms with Gasteiger partial charge in [0.05, 0.1) is 11.2 Å². The Kier molecular flexibility index (Phi) is 2.42. The highest BCUT2D eigenvalue weighted by molar-refractivity contribution is 7.13. The second-order valence-corrected chi connectivity index (χ2v) is 3.69. The van der Waals surface area contributed by atoms with Crippen molar-refractivity contribution in [3.63, 3.8) is 0 Å². The van der Waals surface area contributed by atoms with Gasteiger partial charge in [0.2, 0.25) is 0 Å². The maximum atomic E-state index is 5.50.